The van der Waals surface area contributed by atoms with Crippen LogP contribution in [0.1, 0.15) is 12.7 Å². The molecule has 0 bridgehead atoms. The van der Waals surface area contributed by atoms with Crippen molar-refractivity contribution < 1.29 is 4.39 Å². The van der Waals surface area contributed by atoms with Gasteiger partial charge in [-0.25, -0.2) is 14.1 Å². The SMILES string of the molecule is CCc1nc(-c2ccccc2F)c(N)n1N. The third-order valence-electron chi connectivity index (χ3n) is 2.47. The molecule has 5 heteroatoms. The number of nitrogens with two attached hydrogens (primary N) is 2. The number of aryl methyl sites for hydroxylation is 1. The number of benzene rings is 1. The van der Waals surface area contributed by atoms with E-state index in [0.29, 0.717) is 23.5 Å². The molecule has 16 heavy (non-hydrogen) atoms. The van der Waals surface area contributed by atoms with Gasteiger partial charge in [0.05, 0.1) is 0 Å². The molecule has 0 aliphatic rings. The Morgan fingerprint density at radius 1 is 1.38 bits per heavy atom. The van der Waals surface area contributed by atoms with Crippen molar-refractivity contribution in [2.45, 2.75) is 13.3 Å². The molecule has 0 aliphatic carbocycles. The molecule has 0 unspecified atom stereocenters. The molecule has 0 fully saturated rings. The topological polar surface area (TPSA) is 69.9 Å². The predicted octanol–water partition coefficient (Wildman–Crippen LogP) is 1.55. The van der Waals surface area contributed by atoms with Crippen molar-refractivity contribution in [1.29, 1.82) is 0 Å². The van der Waals surface area contributed by atoms with Gasteiger partial charge in [0.1, 0.15) is 17.3 Å². The van der Waals surface area contributed by atoms with Gasteiger partial charge in [0.15, 0.2) is 5.82 Å². The normalized spacial score (nSPS) is 10.6. The second kappa shape index (κ2) is 3.84. The number of hydrogen-bond acceptors (Lipinski definition) is 3. The lowest BCUT2D eigenvalue weighted by Crippen LogP contribution is -2.14. The molecule has 0 radical (unpaired) electrons. The van der Waals surface area contributed by atoms with Crippen LogP contribution < -0.4 is 11.6 Å². The van der Waals surface area contributed by atoms with Gasteiger partial charge < -0.3 is 11.6 Å². The van der Waals surface area contributed by atoms with Crippen LogP contribution in [0, 0.1) is 5.82 Å². The van der Waals surface area contributed by atoms with Crippen molar-refractivity contribution in [3.05, 3.63) is 35.9 Å². The zero-order valence-electron chi connectivity index (χ0n) is 8.94. The van der Waals surface area contributed by atoms with Crippen molar-refractivity contribution in [1.82, 2.24) is 9.66 Å². The van der Waals surface area contributed by atoms with Gasteiger partial charge in [0.25, 0.3) is 0 Å². The molecule has 84 valence electrons. The number of nitrogens with zero attached hydrogens (tertiary/aromatic N) is 2. The van der Waals surface area contributed by atoms with E-state index in [2.05, 4.69) is 4.98 Å². The monoisotopic (exact) mass is 220 g/mol. The quantitative estimate of drug-likeness (QED) is 0.754. The smallest absolute Gasteiger partial charge is 0.150 e. The first-order valence-corrected chi connectivity index (χ1v) is 5.02. The van der Waals surface area contributed by atoms with Gasteiger partial charge in [-0.1, -0.05) is 19.1 Å². The number of imidazole rings is 1. The Labute approximate surface area is 92.7 Å². The Morgan fingerprint density at radius 2 is 2.06 bits per heavy atom. The lowest BCUT2D eigenvalue weighted by molar-refractivity contribution is 0.631. The highest BCUT2D eigenvalue weighted by atomic mass is 19.1. The summed E-state index contributed by atoms with van der Waals surface area (Å²) in [6, 6.07) is 6.36. The van der Waals surface area contributed by atoms with Crippen LogP contribution in [0.4, 0.5) is 10.2 Å². The van der Waals surface area contributed by atoms with Crippen molar-refractivity contribution in [3.8, 4) is 11.3 Å². The van der Waals surface area contributed by atoms with Gasteiger partial charge in [0, 0.05) is 12.0 Å². The van der Waals surface area contributed by atoms with E-state index in [9.17, 15) is 4.39 Å². The summed E-state index contributed by atoms with van der Waals surface area (Å²) in [4.78, 5) is 4.23. The van der Waals surface area contributed by atoms with E-state index in [1.807, 2.05) is 6.92 Å². The minimum Gasteiger partial charge on any atom is -0.382 e. The zero-order valence-corrected chi connectivity index (χ0v) is 8.94. The van der Waals surface area contributed by atoms with Crippen molar-refractivity contribution >= 4 is 5.82 Å². The van der Waals surface area contributed by atoms with E-state index < -0.39 is 0 Å². The summed E-state index contributed by atoms with van der Waals surface area (Å²) in [6.07, 6.45) is 0.648. The minimum atomic E-state index is -0.352. The molecule has 0 saturated carbocycles. The van der Waals surface area contributed by atoms with Gasteiger partial charge in [-0.2, -0.15) is 0 Å². The number of hydrogen-bond donors (Lipinski definition) is 2. The fourth-order valence-corrected chi connectivity index (χ4v) is 1.59. The van der Waals surface area contributed by atoms with Crippen LogP contribution in [0.3, 0.4) is 0 Å². The summed E-state index contributed by atoms with van der Waals surface area (Å²) in [5.41, 5.74) is 6.56. The maximum absolute atomic E-state index is 13.6. The first-order valence-electron chi connectivity index (χ1n) is 5.02. The first kappa shape index (κ1) is 10.5. The van der Waals surface area contributed by atoms with E-state index >= 15 is 0 Å². The van der Waals surface area contributed by atoms with Gasteiger partial charge in [-0.3, -0.25) is 0 Å². The summed E-state index contributed by atoms with van der Waals surface area (Å²) in [6.45, 7) is 1.91. The predicted molar refractivity (Wildman–Crippen MR) is 61.6 cm³/mol. The third-order valence-corrected chi connectivity index (χ3v) is 2.47. The van der Waals surface area contributed by atoms with Gasteiger partial charge in [-0.15, -0.1) is 0 Å². The highest BCUT2D eigenvalue weighted by Crippen LogP contribution is 2.27. The Balaban J connectivity index is 2.61. The van der Waals surface area contributed by atoms with Crippen molar-refractivity contribution in [2.75, 3.05) is 11.6 Å². The summed E-state index contributed by atoms with van der Waals surface area (Å²) >= 11 is 0. The lowest BCUT2D eigenvalue weighted by Gasteiger charge is -2.01. The molecule has 2 rings (SSSR count). The van der Waals surface area contributed by atoms with Crippen LogP contribution in [0.25, 0.3) is 11.3 Å². The number of anilines is 1. The molecule has 0 atom stereocenters. The maximum atomic E-state index is 13.6. The van der Waals surface area contributed by atoms with E-state index in [4.69, 9.17) is 11.6 Å². The van der Waals surface area contributed by atoms with Crippen LogP contribution >= 0.6 is 0 Å². The standard InChI is InChI=1S/C11H13FN4/c1-2-9-15-10(11(13)16(9)14)7-5-3-4-6-8(7)12/h3-6H,2,13-14H2,1H3. The number of halogens is 1. The molecule has 4 N–H and O–H groups in total. The highest BCUT2D eigenvalue weighted by Gasteiger charge is 2.15. The van der Waals surface area contributed by atoms with Crippen LogP contribution in [0.15, 0.2) is 24.3 Å². The maximum Gasteiger partial charge on any atom is 0.150 e. The van der Waals surface area contributed by atoms with Crippen LogP contribution in [0.5, 0.6) is 0 Å². The summed E-state index contributed by atoms with van der Waals surface area (Å²) in [5, 5.41) is 0. The number of aromatic nitrogens is 2. The lowest BCUT2D eigenvalue weighted by atomic mass is 10.1. The molecule has 0 saturated heterocycles. The Hall–Kier alpha value is -2.04. The number of rotatable bonds is 2. The molecule has 0 spiro atoms. The van der Waals surface area contributed by atoms with Gasteiger partial charge >= 0.3 is 0 Å². The molecule has 2 aromatic rings. The van der Waals surface area contributed by atoms with Gasteiger partial charge in [0.2, 0.25) is 0 Å². The van der Waals surface area contributed by atoms with E-state index in [-0.39, 0.29) is 11.6 Å². The molecular weight excluding hydrogens is 207 g/mol. The molecule has 1 aromatic carbocycles. The van der Waals surface area contributed by atoms with Crippen LogP contribution in [0.2, 0.25) is 0 Å². The Morgan fingerprint density at radius 3 is 2.62 bits per heavy atom. The minimum absolute atomic E-state index is 0.280. The van der Waals surface area contributed by atoms with Crippen LogP contribution in [-0.2, 0) is 6.42 Å². The molecule has 0 amide bonds. The zero-order chi connectivity index (χ0) is 11.7. The summed E-state index contributed by atoms with van der Waals surface area (Å²) in [5.74, 6) is 6.27. The van der Waals surface area contributed by atoms with E-state index in [1.165, 1.54) is 10.7 Å². The fraction of sp³-hybridized carbons (Fsp3) is 0.182. The average Bonchev–Trinajstić information content (AvgIpc) is 2.57. The van der Waals surface area contributed by atoms with E-state index in [1.54, 1.807) is 18.2 Å². The van der Waals surface area contributed by atoms with Crippen LogP contribution in [-0.4, -0.2) is 9.66 Å². The Kier molecular flexibility index (Phi) is 2.52. The molecule has 4 nitrogen and oxygen atoms in total. The third kappa shape index (κ3) is 1.50. The molecule has 1 heterocycles. The second-order valence-electron chi connectivity index (χ2n) is 3.47. The fourth-order valence-electron chi connectivity index (χ4n) is 1.59. The summed E-state index contributed by atoms with van der Waals surface area (Å²) < 4.78 is 14.8. The summed E-state index contributed by atoms with van der Waals surface area (Å²) in [7, 11) is 0. The molecule has 0 aliphatic heterocycles. The Bertz CT molecular complexity index is 519. The highest BCUT2D eigenvalue weighted by molar-refractivity contribution is 5.71. The molecular formula is C11H13FN4. The van der Waals surface area contributed by atoms with E-state index in [0.717, 1.165) is 0 Å². The van der Waals surface area contributed by atoms with Crippen molar-refractivity contribution in [3.63, 3.8) is 0 Å². The van der Waals surface area contributed by atoms with Crippen molar-refractivity contribution in [2.24, 2.45) is 0 Å². The largest absolute Gasteiger partial charge is 0.382 e. The second-order valence-corrected chi connectivity index (χ2v) is 3.47. The molecule has 1 aromatic heterocycles. The first-order chi connectivity index (χ1) is 7.65. The van der Waals surface area contributed by atoms with Gasteiger partial charge in [-0.05, 0) is 12.1 Å². The average molecular weight is 220 g/mol. The number of nitrogen functional groups attached to an aromatic ring is 2.